The Bertz CT molecular complexity index is 1300. The molecule has 1 unspecified atom stereocenters. The van der Waals surface area contributed by atoms with Crippen LogP contribution in [0.25, 0.3) is 0 Å². The van der Waals surface area contributed by atoms with E-state index in [4.69, 9.17) is 34.8 Å². The number of carbonyl (C=O) groups is 2. The molecule has 2 fully saturated rings. The highest BCUT2D eigenvalue weighted by atomic mass is 35.5. The van der Waals surface area contributed by atoms with E-state index in [1.165, 1.54) is 24.3 Å². The fraction of sp³-hybridized carbons (Fsp3) is 0.231. The second-order valence-corrected chi connectivity index (χ2v) is 10.2. The molecule has 36 heavy (non-hydrogen) atoms. The van der Waals surface area contributed by atoms with Crippen LogP contribution in [0.3, 0.4) is 0 Å². The van der Waals surface area contributed by atoms with Crippen molar-refractivity contribution in [1.29, 1.82) is 0 Å². The zero-order chi connectivity index (χ0) is 25.6. The van der Waals surface area contributed by atoms with Crippen LogP contribution in [0.15, 0.2) is 60.7 Å². The van der Waals surface area contributed by atoms with Gasteiger partial charge in [0.25, 0.3) is 0 Å². The molecule has 10 heteroatoms. The van der Waals surface area contributed by atoms with E-state index in [2.05, 4.69) is 5.32 Å². The van der Waals surface area contributed by atoms with Gasteiger partial charge in [0, 0.05) is 23.8 Å². The number of phenols is 1. The number of urea groups is 1. The molecule has 1 spiro atoms. The number of halogens is 4. The summed E-state index contributed by atoms with van der Waals surface area (Å²) in [5.41, 5.74) is 1.00. The number of carbonyl (C=O) groups excluding carboxylic acids is 2. The zero-order valence-corrected chi connectivity index (χ0v) is 21.1. The normalized spacial score (nSPS) is 18.8. The van der Waals surface area contributed by atoms with E-state index in [0.717, 1.165) is 5.56 Å². The Kier molecular flexibility index (Phi) is 6.49. The Hall–Kier alpha value is -3.00. The molecule has 2 aliphatic rings. The van der Waals surface area contributed by atoms with Gasteiger partial charge in [0.15, 0.2) is 0 Å². The fourth-order valence-electron chi connectivity index (χ4n) is 5.09. The Morgan fingerprint density at radius 1 is 0.972 bits per heavy atom. The molecule has 2 N–H and O–H groups in total. The minimum atomic E-state index is -0.725. The summed E-state index contributed by atoms with van der Waals surface area (Å²) in [7, 11) is 0. The standard InChI is InChI=1S/C26H21Cl3FN3O3/c27-16-13-20(28)22(21(29)14-16)31-25(36)32-11-9-26(10-12-32)23(15-1-7-19(34)8-2-15)33(24(26)35)18-5-3-17(30)4-6-18/h1-8,13-14,23,34H,9-12H2,(H,31,36). The Labute approximate surface area is 222 Å². The van der Waals surface area contributed by atoms with Gasteiger partial charge < -0.3 is 20.2 Å². The molecule has 3 aromatic carbocycles. The number of anilines is 2. The van der Waals surface area contributed by atoms with Gasteiger partial charge in [-0.2, -0.15) is 0 Å². The van der Waals surface area contributed by atoms with Gasteiger partial charge in [-0.15, -0.1) is 0 Å². The van der Waals surface area contributed by atoms with E-state index >= 15 is 0 Å². The number of nitrogens with zero attached hydrogens (tertiary/aromatic N) is 2. The Morgan fingerprint density at radius 2 is 1.56 bits per heavy atom. The van der Waals surface area contributed by atoms with E-state index in [1.54, 1.807) is 46.2 Å². The lowest BCUT2D eigenvalue weighted by Gasteiger charge is -2.59. The van der Waals surface area contributed by atoms with Crippen LogP contribution in [0.1, 0.15) is 24.4 Å². The van der Waals surface area contributed by atoms with Crippen molar-refractivity contribution < 1.29 is 19.1 Å². The van der Waals surface area contributed by atoms with E-state index in [9.17, 15) is 19.1 Å². The first-order chi connectivity index (χ1) is 17.2. The van der Waals surface area contributed by atoms with Gasteiger partial charge in [0.05, 0.1) is 27.2 Å². The molecule has 0 saturated carbocycles. The van der Waals surface area contributed by atoms with Crippen molar-refractivity contribution in [1.82, 2.24) is 4.90 Å². The van der Waals surface area contributed by atoms with Gasteiger partial charge in [-0.25, -0.2) is 9.18 Å². The average molecular weight is 549 g/mol. The van der Waals surface area contributed by atoms with E-state index < -0.39 is 5.41 Å². The van der Waals surface area contributed by atoms with Crippen LogP contribution in [0.5, 0.6) is 5.75 Å². The third kappa shape index (κ3) is 4.25. The minimum absolute atomic E-state index is 0.0731. The number of aromatic hydroxyl groups is 1. The van der Waals surface area contributed by atoms with Crippen molar-refractivity contribution in [3.05, 3.63) is 87.1 Å². The molecule has 2 aliphatic heterocycles. The summed E-state index contributed by atoms with van der Waals surface area (Å²) in [6.07, 6.45) is 0.870. The predicted molar refractivity (Wildman–Crippen MR) is 138 cm³/mol. The summed E-state index contributed by atoms with van der Waals surface area (Å²) in [6, 6.07) is 14.8. The van der Waals surface area contributed by atoms with Crippen LogP contribution in [-0.2, 0) is 4.79 Å². The van der Waals surface area contributed by atoms with E-state index in [1.807, 2.05) is 0 Å². The maximum atomic E-state index is 13.6. The topological polar surface area (TPSA) is 72.9 Å². The first kappa shape index (κ1) is 24.7. The van der Waals surface area contributed by atoms with Crippen LogP contribution in [0, 0.1) is 11.2 Å². The van der Waals surface area contributed by atoms with Gasteiger partial charge in [-0.1, -0.05) is 46.9 Å². The first-order valence-corrected chi connectivity index (χ1v) is 12.4. The summed E-state index contributed by atoms with van der Waals surface area (Å²) in [4.78, 5) is 29.8. The third-order valence-electron chi connectivity index (χ3n) is 6.92. The molecule has 5 rings (SSSR count). The van der Waals surface area contributed by atoms with Crippen molar-refractivity contribution in [3.8, 4) is 5.75 Å². The molecule has 0 bridgehead atoms. The number of phenolic OH excluding ortho intramolecular Hbond substituents is 1. The minimum Gasteiger partial charge on any atom is -0.508 e. The fourth-order valence-corrected chi connectivity index (χ4v) is 6.00. The number of β-lactam (4-membered cyclic amide) rings is 1. The van der Waals surface area contributed by atoms with Gasteiger partial charge >= 0.3 is 6.03 Å². The van der Waals surface area contributed by atoms with Gasteiger partial charge in [0.1, 0.15) is 11.6 Å². The summed E-state index contributed by atoms with van der Waals surface area (Å²) >= 11 is 18.4. The number of rotatable bonds is 3. The molecule has 1 atom stereocenters. The maximum Gasteiger partial charge on any atom is 0.321 e. The molecule has 2 saturated heterocycles. The second kappa shape index (κ2) is 9.47. The zero-order valence-electron chi connectivity index (χ0n) is 18.8. The van der Waals surface area contributed by atoms with Crippen LogP contribution in [0.2, 0.25) is 15.1 Å². The molecular formula is C26H21Cl3FN3O3. The van der Waals surface area contributed by atoms with Crippen LogP contribution in [0.4, 0.5) is 20.6 Å². The lowest BCUT2D eigenvalue weighted by molar-refractivity contribution is -0.144. The van der Waals surface area contributed by atoms with Crippen molar-refractivity contribution in [2.75, 3.05) is 23.3 Å². The number of hydrogen-bond acceptors (Lipinski definition) is 3. The van der Waals surface area contributed by atoms with E-state index in [0.29, 0.717) is 36.6 Å². The maximum absolute atomic E-state index is 13.6. The molecule has 2 heterocycles. The molecule has 0 aliphatic carbocycles. The number of amides is 3. The average Bonchev–Trinajstić information content (AvgIpc) is 2.86. The smallest absolute Gasteiger partial charge is 0.321 e. The van der Waals surface area contributed by atoms with Crippen molar-refractivity contribution >= 4 is 58.1 Å². The molecular weight excluding hydrogens is 528 g/mol. The molecule has 186 valence electrons. The highest BCUT2D eigenvalue weighted by molar-refractivity contribution is 6.42. The highest BCUT2D eigenvalue weighted by Gasteiger charge is 2.62. The largest absolute Gasteiger partial charge is 0.508 e. The number of likely N-dealkylation sites (tertiary alicyclic amines) is 1. The van der Waals surface area contributed by atoms with Crippen LogP contribution >= 0.6 is 34.8 Å². The predicted octanol–water partition coefficient (Wildman–Crippen LogP) is 6.89. The number of nitrogens with one attached hydrogen (secondary N) is 1. The first-order valence-electron chi connectivity index (χ1n) is 11.3. The Balaban J connectivity index is 1.37. The lowest BCUT2D eigenvalue weighted by Crippen LogP contribution is -2.67. The molecule has 3 amide bonds. The molecule has 0 radical (unpaired) electrons. The third-order valence-corrected chi connectivity index (χ3v) is 7.74. The Morgan fingerprint density at radius 3 is 2.14 bits per heavy atom. The van der Waals surface area contributed by atoms with Crippen molar-refractivity contribution in [2.45, 2.75) is 18.9 Å². The monoisotopic (exact) mass is 547 g/mol. The number of hydrogen-bond donors (Lipinski definition) is 2. The van der Waals surface area contributed by atoms with Crippen LogP contribution in [-0.4, -0.2) is 35.0 Å². The van der Waals surface area contributed by atoms with Crippen molar-refractivity contribution in [2.24, 2.45) is 5.41 Å². The number of benzene rings is 3. The van der Waals surface area contributed by atoms with Crippen LogP contribution < -0.4 is 10.2 Å². The summed E-state index contributed by atoms with van der Waals surface area (Å²) in [5, 5.41) is 13.3. The molecule has 6 nitrogen and oxygen atoms in total. The summed E-state index contributed by atoms with van der Waals surface area (Å²) in [6.45, 7) is 0.679. The molecule has 3 aromatic rings. The van der Waals surface area contributed by atoms with Gasteiger partial charge in [-0.3, -0.25) is 4.79 Å². The number of piperidine rings is 1. The van der Waals surface area contributed by atoms with Gasteiger partial charge in [0.2, 0.25) is 5.91 Å². The second-order valence-electron chi connectivity index (χ2n) is 8.96. The highest BCUT2D eigenvalue weighted by Crippen LogP contribution is 2.57. The quantitative estimate of drug-likeness (QED) is 0.350. The van der Waals surface area contributed by atoms with E-state index in [-0.39, 0.29) is 45.3 Å². The summed E-state index contributed by atoms with van der Waals surface area (Å²) in [5.74, 6) is -0.336. The SMILES string of the molecule is O=C(Nc1c(Cl)cc(Cl)cc1Cl)N1CCC2(CC1)C(=O)N(c1ccc(F)cc1)C2c1ccc(O)cc1. The summed E-state index contributed by atoms with van der Waals surface area (Å²) < 4.78 is 13.5. The lowest BCUT2D eigenvalue weighted by atomic mass is 9.62. The van der Waals surface area contributed by atoms with Crippen molar-refractivity contribution in [3.63, 3.8) is 0 Å². The van der Waals surface area contributed by atoms with Gasteiger partial charge in [-0.05, 0) is 66.9 Å². The molecule has 0 aromatic heterocycles.